The molecular weight excluding hydrogens is 402 g/mol. The predicted molar refractivity (Wildman–Crippen MR) is 137 cm³/mol. The van der Waals surface area contributed by atoms with Crippen LogP contribution in [-0.2, 0) is 12.0 Å². The highest BCUT2D eigenvalue weighted by molar-refractivity contribution is 5.50. The third-order valence-corrected chi connectivity index (χ3v) is 6.13. The Bertz CT molecular complexity index is 1020. The van der Waals surface area contributed by atoms with Gasteiger partial charge in [-0.3, -0.25) is 0 Å². The molecule has 0 aliphatic carbocycles. The van der Waals surface area contributed by atoms with Gasteiger partial charge in [0.05, 0.1) is 27.7 Å². The van der Waals surface area contributed by atoms with Crippen LogP contribution < -0.4 is 4.74 Å². The molecule has 2 nitrogen and oxygen atoms in total. The van der Waals surface area contributed by atoms with Crippen LogP contribution in [0.5, 0.6) is 5.75 Å². The van der Waals surface area contributed by atoms with Crippen molar-refractivity contribution in [3.8, 4) is 5.75 Å². The summed E-state index contributed by atoms with van der Waals surface area (Å²) >= 11 is 0. The number of nitrogens with zero attached hydrogens (tertiary/aromatic N) is 1. The summed E-state index contributed by atoms with van der Waals surface area (Å²) in [5.74, 6) is 0.920. The van der Waals surface area contributed by atoms with E-state index in [0.717, 1.165) is 23.2 Å². The van der Waals surface area contributed by atoms with Gasteiger partial charge in [-0.2, -0.15) is 0 Å². The van der Waals surface area contributed by atoms with Gasteiger partial charge in [-0.1, -0.05) is 91.0 Å². The molecule has 0 unspecified atom stereocenters. The Labute approximate surface area is 198 Å². The van der Waals surface area contributed by atoms with Crippen LogP contribution in [0.4, 0.5) is 0 Å². The van der Waals surface area contributed by atoms with Gasteiger partial charge in [0.15, 0.2) is 0 Å². The van der Waals surface area contributed by atoms with E-state index in [1.807, 2.05) is 0 Å². The molecule has 33 heavy (non-hydrogen) atoms. The smallest absolute Gasteiger partial charge is 0.119 e. The first-order chi connectivity index (χ1) is 16.0. The summed E-state index contributed by atoms with van der Waals surface area (Å²) in [7, 11) is 6.63. The van der Waals surface area contributed by atoms with Crippen molar-refractivity contribution in [3.63, 3.8) is 0 Å². The van der Waals surface area contributed by atoms with Crippen LogP contribution in [-0.4, -0.2) is 32.2 Å². The van der Waals surface area contributed by atoms with E-state index in [-0.39, 0.29) is 5.41 Å². The van der Waals surface area contributed by atoms with Crippen LogP contribution >= 0.6 is 0 Å². The van der Waals surface area contributed by atoms with E-state index in [4.69, 9.17) is 4.74 Å². The third kappa shape index (κ3) is 5.53. The molecule has 0 bridgehead atoms. The minimum atomic E-state index is -0.284. The Balaban J connectivity index is 1.64. The number of rotatable bonds is 9. The van der Waals surface area contributed by atoms with Crippen LogP contribution in [0.2, 0.25) is 0 Å². The zero-order chi connectivity index (χ0) is 23.2. The van der Waals surface area contributed by atoms with Crippen molar-refractivity contribution < 1.29 is 9.22 Å². The molecule has 0 heterocycles. The summed E-state index contributed by atoms with van der Waals surface area (Å²) in [6, 6.07) is 41.0. The van der Waals surface area contributed by atoms with Crippen molar-refractivity contribution in [1.82, 2.24) is 0 Å². The Morgan fingerprint density at radius 2 is 1.00 bits per heavy atom. The fourth-order valence-electron chi connectivity index (χ4n) is 4.66. The number of hydrogen-bond acceptors (Lipinski definition) is 1. The van der Waals surface area contributed by atoms with E-state index in [9.17, 15) is 0 Å². The molecule has 0 N–H and O–H groups in total. The van der Waals surface area contributed by atoms with Gasteiger partial charge < -0.3 is 9.22 Å². The maximum atomic E-state index is 6.31. The molecule has 0 spiro atoms. The molecule has 0 aliphatic heterocycles. The largest absolute Gasteiger partial charge is 0.494 e. The molecule has 0 fully saturated rings. The van der Waals surface area contributed by atoms with Crippen molar-refractivity contribution in [3.05, 3.63) is 138 Å². The first kappa shape index (κ1) is 22.8. The van der Waals surface area contributed by atoms with Gasteiger partial charge in [0, 0.05) is 11.0 Å². The molecule has 168 valence electrons. The monoisotopic (exact) mass is 436 g/mol. The average Bonchev–Trinajstić information content (AvgIpc) is 2.84. The second kappa shape index (κ2) is 10.1. The molecule has 0 saturated carbocycles. The number of benzene rings is 4. The molecule has 4 aromatic carbocycles. The predicted octanol–water partition coefficient (Wildman–Crippen LogP) is 6.70. The van der Waals surface area contributed by atoms with E-state index in [0.29, 0.717) is 6.61 Å². The van der Waals surface area contributed by atoms with Crippen molar-refractivity contribution in [2.24, 2.45) is 0 Å². The zero-order valence-electron chi connectivity index (χ0n) is 19.9. The van der Waals surface area contributed by atoms with Crippen LogP contribution in [0.15, 0.2) is 115 Å². The molecule has 4 aromatic rings. The normalized spacial score (nSPS) is 11.8. The quantitative estimate of drug-likeness (QED) is 0.210. The standard InChI is InChI=1S/C31H34NO/c1-32(2,3)25-26-19-21-30(22-20-26)33-24-23-31(27-13-7-4-8-14-27,28-15-9-5-10-16-28)29-17-11-6-12-18-29/h4-22H,23-25H2,1-3H3/q+1. The lowest BCUT2D eigenvalue weighted by Crippen LogP contribution is -2.33. The van der Waals surface area contributed by atoms with Gasteiger partial charge in [-0.25, -0.2) is 0 Å². The first-order valence-electron chi connectivity index (χ1n) is 11.7. The summed E-state index contributed by atoms with van der Waals surface area (Å²) < 4.78 is 7.22. The van der Waals surface area contributed by atoms with E-state index < -0.39 is 0 Å². The first-order valence-corrected chi connectivity index (χ1v) is 11.7. The maximum absolute atomic E-state index is 6.31. The summed E-state index contributed by atoms with van der Waals surface area (Å²) in [5, 5.41) is 0. The molecule has 0 atom stereocenters. The molecule has 2 heteroatoms. The topological polar surface area (TPSA) is 9.23 Å². The van der Waals surface area contributed by atoms with E-state index in [1.165, 1.54) is 22.3 Å². The lowest BCUT2D eigenvalue weighted by Gasteiger charge is -2.36. The van der Waals surface area contributed by atoms with Crippen LogP contribution in [0, 0.1) is 0 Å². The van der Waals surface area contributed by atoms with Gasteiger partial charge in [0.1, 0.15) is 12.3 Å². The maximum Gasteiger partial charge on any atom is 0.119 e. The Morgan fingerprint density at radius 1 is 0.576 bits per heavy atom. The lowest BCUT2D eigenvalue weighted by atomic mass is 9.67. The number of quaternary nitrogens is 1. The van der Waals surface area contributed by atoms with Crippen molar-refractivity contribution >= 4 is 0 Å². The second-order valence-corrected chi connectivity index (χ2v) is 9.69. The minimum Gasteiger partial charge on any atom is -0.494 e. The second-order valence-electron chi connectivity index (χ2n) is 9.69. The van der Waals surface area contributed by atoms with Gasteiger partial charge >= 0.3 is 0 Å². The fraction of sp³-hybridized carbons (Fsp3) is 0.226. The van der Waals surface area contributed by atoms with Gasteiger partial charge in [-0.05, 0) is 47.4 Å². The molecule has 0 aromatic heterocycles. The number of hydrogen-bond donors (Lipinski definition) is 0. The average molecular weight is 437 g/mol. The summed E-state index contributed by atoms with van der Waals surface area (Å²) in [6.07, 6.45) is 0.839. The summed E-state index contributed by atoms with van der Waals surface area (Å²) in [5.41, 5.74) is 4.88. The van der Waals surface area contributed by atoms with Crippen molar-refractivity contribution in [2.75, 3.05) is 27.7 Å². The molecule has 0 saturated heterocycles. The fourth-order valence-corrected chi connectivity index (χ4v) is 4.66. The molecule has 0 aliphatic rings. The zero-order valence-corrected chi connectivity index (χ0v) is 19.9. The minimum absolute atomic E-state index is 0.284. The highest BCUT2D eigenvalue weighted by atomic mass is 16.5. The molecular formula is C31H34NO+. The van der Waals surface area contributed by atoms with E-state index in [1.54, 1.807) is 0 Å². The highest BCUT2D eigenvalue weighted by Crippen LogP contribution is 2.42. The molecule has 0 radical (unpaired) electrons. The van der Waals surface area contributed by atoms with Gasteiger partial charge in [0.2, 0.25) is 0 Å². The van der Waals surface area contributed by atoms with Crippen LogP contribution in [0.3, 0.4) is 0 Å². The Morgan fingerprint density at radius 3 is 1.39 bits per heavy atom. The Hall–Kier alpha value is -3.36. The van der Waals surface area contributed by atoms with Crippen molar-refractivity contribution in [1.29, 1.82) is 0 Å². The summed E-state index contributed by atoms with van der Waals surface area (Å²) in [6.45, 7) is 1.62. The highest BCUT2D eigenvalue weighted by Gasteiger charge is 2.36. The van der Waals surface area contributed by atoms with Crippen LogP contribution in [0.25, 0.3) is 0 Å². The SMILES string of the molecule is C[N+](C)(C)Cc1ccc(OCCC(c2ccccc2)(c2ccccc2)c2ccccc2)cc1. The van der Waals surface area contributed by atoms with Gasteiger partial charge in [-0.15, -0.1) is 0 Å². The lowest BCUT2D eigenvalue weighted by molar-refractivity contribution is -0.884. The van der Waals surface area contributed by atoms with E-state index in [2.05, 4.69) is 136 Å². The Kier molecular flexibility index (Phi) is 6.96. The van der Waals surface area contributed by atoms with Crippen LogP contribution in [0.1, 0.15) is 28.7 Å². The van der Waals surface area contributed by atoms with E-state index >= 15 is 0 Å². The van der Waals surface area contributed by atoms with Gasteiger partial charge in [0.25, 0.3) is 0 Å². The van der Waals surface area contributed by atoms with Crippen molar-refractivity contribution in [2.45, 2.75) is 18.4 Å². The summed E-state index contributed by atoms with van der Waals surface area (Å²) in [4.78, 5) is 0. The number of ether oxygens (including phenoxy) is 1. The third-order valence-electron chi connectivity index (χ3n) is 6.13. The molecule has 4 rings (SSSR count). The molecule has 0 amide bonds.